The van der Waals surface area contributed by atoms with E-state index in [0.717, 1.165) is 17.4 Å². The van der Waals surface area contributed by atoms with E-state index in [1.165, 1.54) is 13.0 Å². The first-order valence-corrected chi connectivity index (χ1v) is 14.0. The number of sulfonamides is 1. The van der Waals surface area contributed by atoms with Crippen molar-refractivity contribution in [3.63, 3.8) is 0 Å². The van der Waals surface area contributed by atoms with Gasteiger partial charge in [0.2, 0.25) is 15.9 Å². The molecule has 1 atom stereocenters. The first-order valence-electron chi connectivity index (χ1n) is 11.8. The Morgan fingerprint density at radius 2 is 1.59 bits per heavy atom. The van der Waals surface area contributed by atoms with E-state index in [9.17, 15) is 18.0 Å². The third-order valence-corrected chi connectivity index (χ3v) is 8.42. The van der Waals surface area contributed by atoms with Crippen LogP contribution in [-0.2, 0) is 14.8 Å². The van der Waals surface area contributed by atoms with Crippen LogP contribution in [0.3, 0.4) is 0 Å². The molecule has 0 radical (unpaired) electrons. The monoisotopic (exact) mass is 535 g/mol. The van der Waals surface area contributed by atoms with Gasteiger partial charge >= 0.3 is 0 Å². The van der Waals surface area contributed by atoms with Gasteiger partial charge in [-0.2, -0.15) is 13.5 Å². The predicted octanol–water partition coefficient (Wildman–Crippen LogP) is 3.26. The molecule has 1 aliphatic heterocycles. The van der Waals surface area contributed by atoms with Gasteiger partial charge in [0.05, 0.1) is 11.7 Å². The van der Waals surface area contributed by atoms with Crippen LogP contribution in [0.25, 0.3) is 11.0 Å². The van der Waals surface area contributed by atoms with E-state index in [2.05, 4.69) is 18.4 Å². The van der Waals surface area contributed by atoms with Crippen molar-refractivity contribution in [1.29, 1.82) is 0 Å². The molecule has 190 valence electrons. The van der Waals surface area contributed by atoms with Crippen LogP contribution in [0.1, 0.15) is 28.9 Å². The average Bonchev–Trinajstić information content (AvgIpc) is 3.41. The SMILES string of the molecule is CC(=O)c1ccc(N2CCN(C(=O)[C@@H](NS(=O)(=O)c3cccc4nsnc34)c3ccccc3)CC2)cc1. The number of rotatable bonds is 7. The number of benzene rings is 3. The zero-order valence-corrected chi connectivity index (χ0v) is 21.7. The Hall–Kier alpha value is -3.67. The van der Waals surface area contributed by atoms with Crippen molar-refractivity contribution in [2.45, 2.75) is 17.9 Å². The first kappa shape index (κ1) is 25.0. The minimum Gasteiger partial charge on any atom is -0.368 e. The van der Waals surface area contributed by atoms with Crippen molar-refractivity contribution in [3.8, 4) is 0 Å². The Morgan fingerprint density at radius 3 is 2.27 bits per heavy atom. The third kappa shape index (κ3) is 5.24. The summed E-state index contributed by atoms with van der Waals surface area (Å²) in [5, 5.41) is 0. The van der Waals surface area contributed by atoms with Crippen molar-refractivity contribution in [2.24, 2.45) is 0 Å². The second kappa shape index (κ2) is 10.4. The lowest BCUT2D eigenvalue weighted by Crippen LogP contribution is -2.52. The molecular formula is C26H25N5O4S2. The van der Waals surface area contributed by atoms with E-state index >= 15 is 0 Å². The van der Waals surface area contributed by atoms with Crippen LogP contribution in [0.4, 0.5) is 5.69 Å². The minimum absolute atomic E-state index is 0.00805. The van der Waals surface area contributed by atoms with Crippen molar-refractivity contribution >= 4 is 50.2 Å². The Balaban J connectivity index is 1.36. The van der Waals surface area contributed by atoms with Crippen LogP contribution in [-0.4, -0.2) is 59.9 Å². The fourth-order valence-electron chi connectivity index (χ4n) is 4.40. The summed E-state index contributed by atoms with van der Waals surface area (Å²) in [6.45, 7) is 3.57. The number of hydrogen-bond acceptors (Lipinski definition) is 8. The molecule has 1 saturated heterocycles. The molecule has 4 aromatic rings. The van der Waals surface area contributed by atoms with Crippen molar-refractivity contribution < 1.29 is 18.0 Å². The molecule has 9 nitrogen and oxygen atoms in total. The highest BCUT2D eigenvalue weighted by molar-refractivity contribution is 7.89. The fourth-order valence-corrected chi connectivity index (χ4v) is 6.34. The molecule has 0 spiro atoms. The second-order valence-electron chi connectivity index (χ2n) is 8.77. The van der Waals surface area contributed by atoms with Gasteiger partial charge in [-0.15, -0.1) is 0 Å². The van der Waals surface area contributed by atoms with Crippen molar-refractivity contribution in [3.05, 3.63) is 83.9 Å². The molecule has 37 heavy (non-hydrogen) atoms. The largest absolute Gasteiger partial charge is 0.368 e. The van der Waals surface area contributed by atoms with Crippen LogP contribution in [0, 0.1) is 0 Å². The molecule has 1 fully saturated rings. The maximum Gasteiger partial charge on any atom is 0.245 e. The number of hydrogen-bond donors (Lipinski definition) is 1. The summed E-state index contributed by atoms with van der Waals surface area (Å²) < 4.78 is 37.8. The molecular weight excluding hydrogens is 510 g/mol. The number of ketones is 1. The summed E-state index contributed by atoms with van der Waals surface area (Å²) in [6, 6.07) is 19.9. The third-order valence-electron chi connectivity index (χ3n) is 6.42. The maximum absolute atomic E-state index is 13.7. The summed E-state index contributed by atoms with van der Waals surface area (Å²) in [7, 11) is -4.08. The molecule has 0 saturated carbocycles. The van der Waals surface area contributed by atoms with Gasteiger partial charge in [-0.25, -0.2) is 8.42 Å². The number of nitrogens with one attached hydrogen (secondary N) is 1. The van der Waals surface area contributed by atoms with Crippen LogP contribution in [0.15, 0.2) is 77.7 Å². The molecule has 2 heterocycles. The standard InChI is InChI=1S/C26H25N5O4S2/c1-18(32)19-10-12-21(13-11-19)30-14-16-31(17-15-30)26(33)24(20-6-3-2-4-7-20)29-37(34,35)23-9-5-8-22-25(23)28-36-27-22/h2-13,24,29H,14-17H2,1H3/t24-/m0/s1. The summed E-state index contributed by atoms with van der Waals surface area (Å²) >= 11 is 0.939. The smallest absolute Gasteiger partial charge is 0.245 e. The minimum atomic E-state index is -4.08. The molecule has 0 aliphatic carbocycles. The Kier molecular flexibility index (Phi) is 7.00. The lowest BCUT2D eigenvalue weighted by Gasteiger charge is -2.37. The van der Waals surface area contributed by atoms with Crippen LogP contribution in [0.2, 0.25) is 0 Å². The van der Waals surface area contributed by atoms with Gasteiger partial charge in [-0.3, -0.25) is 9.59 Å². The highest BCUT2D eigenvalue weighted by Crippen LogP contribution is 2.26. The molecule has 1 aliphatic rings. The highest BCUT2D eigenvalue weighted by Gasteiger charge is 2.33. The molecule has 11 heteroatoms. The van der Waals surface area contributed by atoms with E-state index < -0.39 is 16.1 Å². The number of Topliss-reactive ketones (excluding diaryl/α,β-unsaturated/α-hetero) is 1. The summed E-state index contributed by atoms with van der Waals surface area (Å²) in [5.41, 5.74) is 2.95. The number of aromatic nitrogens is 2. The van der Waals surface area contributed by atoms with Crippen LogP contribution >= 0.6 is 11.7 Å². The van der Waals surface area contributed by atoms with Gasteiger partial charge in [0.25, 0.3) is 0 Å². The molecule has 1 aromatic heterocycles. The lowest BCUT2D eigenvalue weighted by atomic mass is 10.1. The van der Waals surface area contributed by atoms with Gasteiger partial charge in [-0.05, 0) is 48.9 Å². The summed E-state index contributed by atoms with van der Waals surface area (Å²) in [5.74, 6) is -0.302. The second-order valence-corrected chi connectivity index (χ2v) is 11.0. The van der Waals surface area contributed by atoms with Gasteiger partial charge in [0.1, 0.15) is 22.0 Å². The van der Waals surface area contributed by atoms with E-state index in [1.54, 1.807) is 53.4 Å². The van der Waals surface area contributed by atoms with Gasteiger partial charge in [-0.1, -0.05) is 36.4 Å². The number of anilines is 1. The Bertz CT molecular complexity index is 1530. The van der Waals surface area contributed by atoms with E-state index in [-0.39, 0.29) is 22.1 Å². The van der Waals surface area contributed by atoms with Crippen molar-refractivity contribution in [1.82, 2.24) is 18.4 Å². The maximum atomic E-state index is 13.7. The number of carbonyl (C=O) groups is 2. The quantitative estimate of drug-likeness (QED) is 0.362. The van der Waals surface area contributed by atoms with Gasteiger partial charge < -0.3 is 9.80 Å². The van der Waals surface area contributed by atoms with Crippen LogP contribution < -0.4 is 9.62 Å². The number of carbonyl (C=O) groups excluding carboxylic acids is 2. The molecule has 1 N–H and O–H groups in total. The molecule has 3 aromatic carbocycles. The van der Waals surface area contributed by atoms with Crippen molar-refractivity contribution in [2.75, 3.05) is 31.1 Å². The number of amides is 1. The Labute approximate surface area is 219 Å². The molecule has 5 rings (SSSR count). The van der Waals surface area contributed by atoms with E-state index in [0.29, 0.717) is 42.8 Å². The highest BCUT2D eigenvalue weighted by atomic mass is 32.2. The normalized spacial score (nSPS) is 15.1. The van der Waals surface area contributed by atoms with E-state index in [4.69, 9.17) is 0 Å². The number of nitrogens with zero attached hydrogens (tertiary/aromatic N) is 4. The molecule has 0 unspecified atom stereocenters. The number of piperazine rings is 1. The van der Waals surface area contributed by atoms with E-state index in [1.807, 2.05) is 18.2 Å². The number of fused-ring (bicyclic) bond motifs is 1. The Morgan fingerprint density at radius 1 is 0.892 bits per heavy atom. The van der Waals surface area contributed by atoms with Crippen LogP contribution in [0.5, 0.6) is 0 Å². The summed E-state index contributed by atoms with van der Waals surface area (Å²) in [6.07, 6.45) is 0. The lowest BCUT2D eigenvalue weighted by molar-refractivity contribution is -0.133. The summed E-state index contributed by atoms with van der Waals surface area (Å²) in [4.78, 5) is 29.1. The predicted molar refractivity (Wildman–Crippen MR) is 142 cm³/mol. The zero-order valence-electron chi connectivity index (χ0n) is 20.1. The molecule has 1 amide bonds. The first-order chi connectivity index (χ1) is 17.8. The van der Waals surface area contributed by atoms with Gasteiger partial charge in [0.15, 0.2) is 5.78 Å². The topological polar surface area (TPSA) is 113 Å². The van der Waals surface area contributed by atoms with Gasteiger partial charge in [0, 0.05) is 37.4 Å². The average molecular weight is 536 g/mol. The fraction of sp³-hybridized carbons (Fsp3) is 0.231. The molecule has 0 bridgehead atoms. The zero-order chi connectivity index (χ0) is 26.0.